The maximum atomic E-state index is 12.5. The number of hydrogen-bond donors (Lipinski definition) is 0. The average molecular weight is 285 g/mol. The standard InChI is InChI=1S/C14H23NO3S/c1-6-15(7-2)19(16,17)12-8-9-14(18-5)13(10-12)11(3)4/h8-11H,6-7H2,1-5H3. The third kappa shape index (κ3) is 3.28. The first kappa shape index (κ1) is 16.0. The lowest BCUT2D eigenvalue weighted by Gasteiger charge is -2.20. The van der Waals surface area contributed by atoms with Crippen LogP contribution in [0, 0.1) is 0 Å². The van der Waals surface area contributed by atoms with Gasteiger partial charge in [-0.15, -0.1) is 0 Å². The monoisotopic (exact) mass is 285 g/mol. The first-order chi connectivity index (χ1) is 8.88. The Morgan fingerprint density at radius 3 is 2.21 bits per heavy atom. The molecule has 0 radical (unpaired) electrons. The zero-order valence-electron chi connectivity index (χ0n) is 12.3. The molecular weight excluding hydrogens is 262 g/mol. The topological polar surface area (TPSA) is 46.6 Å². The van der Waals surface area contributed by atoms with Crippen LogP contribution < -0.4 is 4.74 Å². The Morgan fingerprint density at radius 1 is 1.21 bits per heavy atom. The molecule has 0 aliphatic heterocycles. The van der Waals surface area contributed by atoms with E-state index in [-0.39, 0.29) is 5.92 Å². The van der Waals surface area contributed by atoms with E-state index in [0.717, 1.165) is 11.3 Å². The molecule has 0 unspecified atom stereocenters. The molecular formula is C14H23NO3S. The van der Waals surface area contributed by atoms with Gasteiger partial charge in [0, 0.05) is 13.1 Å². The summed E-state index contributed by atoms with van der Waals surface area (Å²) in [7, 11) is -1.81. The second-order valence-corrected chi connectivity index (χ2v) is 6.59. The van der Waals surface area contributed by atoms with E-state index in [4.69, 9.17) is 4.74 Å². The number of ether oxygens (including phenoxy) is 1. The summed E-state index contributed by atoms with van der Waals surface area (Å²) >= 11 is 0. The van der Waals surface area contributed by atoms with Crippen LogP contribution in [0.15, 0.2) is 23.1 Å². The van der Waals surface area contributed by atoms with E-state index in [2.05, 4.69) is 0 Å². The summed E-state index contributed by atoms with van der Waals surface area (Å²) in [6.45, 7) is 8.67. The summed E-state index contributed by atoms with van der Waals surface area (Å²) in [6.07, 6.45) is 0. The van der Waals surface area contributed by atoms with Gasteiger partial charge in [0.05, 0.1) is 12.0 Å². The third-order valence-electron chi connectivity index (χ3n) is 3.17. The van der Waals surface area contributed by atoms with Crippen LogP contribution in [-0.2, 0) is 10.0 Å². The van der Waals surface area contributed by atoms with E-state index >= 15 is 0 Å². The van der Waals surface area contributed by atoms with Crippen LogP contribution in [0.3, 0.4) is 0 Å². The molecule has 0 heterocycles. The summed E-state index contributed by atoms with van der Waals surface area (Å²) in [6, 6.07) is 5.06. The lowest BCUT2D eigenvalue weighted by atomic mass is 10.0. The number of hydrogen-bond acceptors (Lipinski definition) is 3. The molecule has 0 spiro atoms. The second-order valence-electron chi connectivity index (χ2n) is 4.65. The fourth-order valence-corrected chi connectivity index (χ4v) is 3.53. The fourth-order valence-electron chi connectivity index (χ4n) is 2.04. The van der Waals surface area contributed by atoms with E-state index < -0.39 is 10.0 Å². The van der Waals surface area contributed by atoms with Gasteiger partial charge in [0.1, 0.15) is 5.75 Å². The van der Waals surface area contributed by atoms with Crippen molar-refractivity contribution in [3.05, 3.63) is 23.8 Å². The lowest BCUT2D eigenvalue weighted by molar-refractivity contribution is 0.406. The van der Waals surface area contributed by atoms with Gasteiger partial charge in [-0.25, -0.2) is 8.42 Å². The van der Waals surface area contributed by atoms with Crippen molar-refractivity contribution in [2.75, 3.05) is 20.2 Å². The van der Waals surface area contributed by atoms with Gasteiger partial charge in [-0.2, -0.15) is 4.31 Å². The largest absolute Gasteiger partial charge is 0.496 e. The van der Waals surface area contributed by atoms with Gasteiger partial charge in [-0.1, -0.05) is 27.7 Å². The Morgan fingerprint density at radius 2 is 1.79 bits per heavy atom. The molecule has 19 heavy (non-hydrogen) atoms. The summed E-state index contributed by atoms with van der Waals surface area (Å²) in [5.74, 6) is 0.940. The van der Waals surface area contributed by atoms with Gasteiger partial charge in [0.25, 0.3) is 0 Å². The predicted octanol–water partition coefficient (Wildman–Crippen LogP) is 2.85. The molecule has 108 valence electrons. The van der Waals surface area contributed by atoms with Crippen LogP contribution in [-0.4, -0.2) is 32.9 Å². The fraction of sp³-hybridized carbons (Fsp3) is 0.571. The minimum Gasteiger partial charge on any atom is -0.496 e. The molecule has 0 saturated heterocycles. The second kappa shape index (κ2) is 6.39. The number of rotatable bonds is 6. The highest BCUT2D eigenvalue weighted by atomic mass is 32.2. The zero-order chi connectivity index (χ0) is 14.6. The molecule has 0 fully saturated rings. The van der Waals surface area contributed by atoms with Crippen LogP contribution in [0.4, 0.5) is 0 Å². The van der Waals surface area contributed by atoms with E-state index in [1.54, 1.807) is 25.3 Å². The normalized spacial score (nSPS) is 12.2. The highest BCUT2D eigenvalue weighted by molar-refractivity contribution is 7.89. The number of benzene rings is 1. The zero-order valence-corrected chi connectivity index (χ0v) is 13.1. The van der Waals surface area contributed by atoms with Gasteiger partial charge in [0.2, 0.25) is 10.0 Å². The SMILES string of the molecule is CCN(CC)S(=O)(=O)c1ccc(OC)c(C(C)C)c1. The molecule has 0 bridgehead atoms. The minimum atomic E-state index is -3.40. The number of sulfonamides is 1. The van der Waals surface area contributed by atoms with Crippen LogP contribution in [0.5, 0.6) is 5.75 Å². The van der Waals surface area contributed by atoms with Gasteiger partial charge in [-0.3, -0.25) is 0 Å². The Balaban J connectivity index is 3.33. The average Bonchev–Trinajstić information content (AvgIpc) is 2.38. The molecule has 4 nitrogen and oxygen atoms in total. The first-order valence-electron chi connectivity index (χ1n) is 6.56. The first-order valence-corrected chi connectivity index (χ1v) is 8.00. The molecule has 0 aliphatic rings. The van der Waals surface area contributed by atoms with Crippen molar-refractivity contribution in [3.63, 3.8) is 0 Å². The molecule has 1 rings (SSSR count). The van der Waals surface area contributed by atoms with Crippen molar-refractivity contribution in [2.45, 2.75) is 38.5 Å². The third-order valence-corrected chi connectivity index (χ3v) is 5.21. The van der Waals surface area contributed by atoms with Gasteiger partial charge in [0.15, 0.2) is 0 Å². The summed E-state index contributed by atoms with van der Waals surface area (Å²) < 4.78 is 31.6. The minimum absolute atomic E-state index is 0.210. The molecule has 0 saturated carbocycles. The quantitative estimate of drug-likeness (QED) is 0.807. The highest BCUT2D eigenvalue weighted by Gasteiger charge is 2.23. The van der Waals surface area contributed by atoms with Gasteiger partial charge in [-0.05, 0) is 29.7 Å². The Hall–Kier alpha value is -1.07. The van der Waals surface area contributed by atoms with E-state index in [1.807, 2.05) is 27.7 Å². The van der Waals surface area contributed by atoms with Crippen molar-refractivity contribution in [2.24, 2.45) is 0 Å². The van der Waals surface area contributed by atoms with Crippen molar-refractivity contribution >= 4 is 10.0 Å². The van der Waals surface area contributed by atoms with Crippen LogP contribution >= 0.6 is 0 Å². The van der Waals surface area contributed by atoms with Crippen molar-refractivity contribution in [1.29, 1.82) is 0 Å². The molecule has 0 aromatic heterocycles. The molecule has 0 amide bonds. The van der Waals surface area contributed by atoms with Gasteiger partial charge >= 0.3 is 0 Å². The molecule has 0 aliphatic carbocycles. The predicted molar refractivity (Wildman–Crippen MR) is 77.2 cm³/mol. The smallest absolute Gasteiger partial charge is 0.243 e. The number of nitrogens with zero attached hydrogens (tertiary/aromatic N) is 1. The van der Waals surface area contributed by atoms with Gasteiger partial charge < -0.3 is 4.74 Å². The highest BCUT2D eigenvalue weighted by Crippen LogP contribution is 2.29. The Bertz CT molecular complexity index is 519. The molecule has 1 aromatic carbocycles. The maximum absolute atomic E-state index is 12.5. The van der Waals surface area contributed by atoms with E-state index in [1.165, 1.54) is 4.31 Å². The number of methoxy groups -OCH3 is 1. The summed E-state index contributed by atoms with van der Waals surface area (Å²) in [5, 5.41) is 0. The van der Waals surface area contributed by atoms with Crippen LogP contribution in [0.2, 0.25) is 0 Å². The summed E-state index contributed by atoms with van der Waals surface area (Å²) in [4.78, 5) is 0.334. The molecule has 0 atom stereocenters. The van der Waals surface area contributed by atoms with Crippen LogP contribution in [0.25, 0.3) is 0 Å². The van der Waals surface area contributed by atoms with Crippen molar-refractivity contribution in [3.8, 4) is 5.75 Å². The van der Waals surface area contributed by atoms with E-state index in [9.17, 15) is 8.42 Å². The van der Waals surface area contributed by atoms with Crippen molar-refractivity contribution in [1.82, 2.24) is 4.31 Å². The maximum Gasteiger partial charge on any atom is 0.243 e. The summed E-state index contributed by atoms with van der Waals surface area (Å²) in [5.41, 5.74) is 0.913. The van der Waals surface area contributed by atoms with Crippen LogP contribution in [0.1, 0.15) is 39.2 Å². The molecule has 5 heteroatoms. The lowest BCUT2D eigenvalue weighted by Crippen LogP contribution is -2.30. The Labute approximate surface area is 116 Å². The molecule has 1 aromatic rings. The molecule has 0 N–H and O–H groups in total. The Kier molecular flexibility index (Phi) is 5.38. The van der Waals surface area contributed by atoms with Crippen molar-refractivity contribution < 1.29 is 13.2 Å². The van der Waals surface area contributed by atoms with E-state index in [0.29, 0.717) is 18.0 Å².